The largest absolute Gasteiger partial charge is 0.464 e. The highest BCUT2D eigenvalue weighted by molar-refractivity contribution is 6.07. The molecule has 0 atom stereocenters. The number of methoxy groups -OCH3 is 1. The number of hydrogen-bond donors (Lipinski definition) is 0. The topological polar surface area (TPSA) is 59.5 Å². The van der Waals surface area contributed by atoms with Crippen molar-refractivity contribution in [2.45, 2.75) is 25.8 Å². The summed E-state index contributed by atoms with van der Waals surface area (Å²) in [6.07, 6.45) is 0. The van der Waals surface area contributed by atoms with Crippen LogP contribution in [-0.2, 0) is 21.5 Å². The average molecular weight is 346 g/mol. The van der Waals surface area contributed by atoms with Crippen LogP contribution in [0.15, 0.2) is 30.3 Å². The molecule has 1 aromatic carbocycles. The summed E-state index contributed by atoms with van der Waals surface area (Å²) in [5.41, 5.74) is 0.132. The first kappa shape index (κ1) is 17.0. The van der Waals surface area contributed by atoms with Crippen LogP contribution in [0.4, 0.5) is 14.6 Å². The van der Waals surface area contributed by atoms with Gasteiger partial charge in [0.05, 0.1) is 19.1 Å². The third kappa shape index (κ3) is 2.86. The quantitative estimate of drug-likeness (QED) is 0.802. The lowest BCUT2D eigenvalue weighted by Gasteiger charge is -2.20. The summed E-state index contributed by atoms with van der Waals surface area (Å²) in [6, 6.07) is 6.22. The van der Waals surface area contributed by atoms with Gasteiger partial charge < -0.3 is 4.74 Å². The van der Waals surface area contributed by atoms with Gasteiger partial charge in [0, 0.05) is 11.6 Å². The first-order valence-corrected chi connectivity index (χ1v) is 7.61. The lowest BCUT2D eigenvalue weighted by molar-refractivity contribution is -0.122. The molecule has 3 rings (SSSR count). The second kappa shape index (κ2) is 5.91. The van der Waals surface area contributed by atoms with Crippen molar-refractivity contribution in [2.24, 2.45) is 0 Å². The summed E-state index contributed by atoms with van der Waals surface area (Å²) < 4.78 is 31.5. The monoisotopic (exact) mass is 346 g/mol. The number of anilines is 1. The molecule has 1 amide bonds. The molecule has 2 heterocycles. The highest BCUT2D eigenvalue weighted by Gasteiger charge is 2.45. The maximum absolute atomic E-state index is 13.4. The third-order valence-electron chi connectivity index (χ3n) is 4.24. The van der Waals surface area contributed by atoms with E-state index in [0.717, 1.165) is 18.2 Å². The van der Waals surface area contributed by atoms with E-state index >= 15 is 0 Å². The van der Waals surface area contributed by atoms with Crippen LogP contribution in [0.1, 0.15) is 35.5 Å². The maximum Gasteiger partial charge on any atom is 0.356 e. The fourth-order valence-corrected chi connectivity index (χ4v) is 2.94. The van der Waals surface area contributed by atoms with Crippen LogP contribution in [0, 0.1) is 11.6 Å². The molecule has 0 N–H and O–H groups in total. The van der Waals surface area contributed by atoms with E-state index in [1.54, 1.807) is 19.9 Å². The fraction of sp³-hybridized carbons (Fsp3) is 0.278. The van der Waals surface area contributed by atoms with Crippen molar-refractivity contribution in [3.05, 3.63) is 58.8 Å². The lowest BCUT2D eigenvalue weighted by Crippen LogP contribution is -2.36. The van der Waals surface area contributed by atoms with Crippen LogP contribution in [0.5, 0.6) is 0 Å². The molecule has 1 aliphatic heterocycles. The number of hydrogen-bond acceptors (Lipinski definition) is 4. The number of benzene rings is 1. The number of carbonyl (C=O) groups excluding carboxylic acids is 2. The summed E-state index contributed by atoms with van der Waals surface area (Å²) in [4.78, 5) is 30.1. The zero-order valence-corrected chi connectivity index (χ0v) is 14.0. The van der Waals surface area contributed by atoms with Gasteiger partial charge in [-0.05, 0) is 37.6 Å². The van der Waals surface area contributed by atoms with Crippen LogP contribution in [0.25, 0.3) is 0 Å². The molecular weight excluding hydrogens is 330 g/mol. The van der Waals surface area contributed by atoms with E-state index in [1.807, 2.05) is 0 Å². The fourth-order valence-electron chi connectivity index (χ4n) is 2.94. The number of fused-ring (bicyclic) bond motifs is 1. The van der Waals surface area contributed by atoms with Crippen molar-refractivity contribution in [2.75, 3.05) is 12.0 Å². The summed E-state index contributed by atoms with van der Waals surface area (Å²) in [7, 11) is 1.24. The molecule has 25 heavy (non-hydrogen) atoms. The Morgan fingerprint density at radius 3 is 2.44 bits per heavy atom. The predicted octanol–water partition coefficient (Wildman–Crippen LogP) is 2.97. The van der Waals surface area contributed by atoms with Gasteiger partial charge in [-0.3, -0.25) is 9.69 Å². The van der Waals surface area contributed by atoms with Gasteiger partial charge in [0.2, 0.25) is 5.91 Å². The van der Waals surface area contributed by atoms with Gasteiger partial charge >= 0.3 is 5.97 Å². The van der Waals surface area contributed by atoms with Crippen LogP contribution in [0.3, 0.4) is 0 Å². The van der Waals surface area contributed by atoms with Crippen molar-refractivity contribution >= 4 is 17.7 Å². The van der Waals surface area contributed by atoms with E-state index in [9.17, 15) is 18.4 Å². The minimum Gasteiger partial charge on any atom is -0.464 e. The normalized spacial score (nSPS) is 15.2. The van der Waals surface area contributed by atoms with Gasteiger partial charge in [-0.2, -0.15) is 0 Å². The van der Waals surface area contributed by atoms with Crippen molar-refractivity contribution < 1.29 is 23.1 Å². The standard InChI is InChI=1S/C18H16F2N2O3/c1-18(2)13-4-5-14(16(23)25-3)21-15(13)22(17(18)24)9-10-6-11(19)8-12(20)7-10/h4-8H,9H2,1-3H3. The summed E-state index contributed by atoms with van der Waals surface area (Å²) in [5.74, 6) is -2.05. The Kier molecular flexibility index (Phi) is 4.02. The molecule has 0 aliphatic carbocycles. The number of nitrogens with zero attached hydrogens (tertiary/aromatic N) is 2. The molecule has 1 aromatic heterocycles. The Labute approximate surface area is 143 Å². The lowest BCUT2D eigenvalue weighted by atomic mass is 9.87. The minimum atomic E-state index is -0.858. The summed E-state index contributed by atoms with van der Waals surface area (Å²) in [6.45, 7) is 3.42. The van der Waals surface area contributed by atoms with E-state index in [2.05, 4.69) is 9.72 Å². The second-order valence-electron chi connectivity index (χ2n) is 6.35. The number of halogens is 2. The molecule has 7 heteroatoms. The number of aromatic nitrogens is 1. The Bertz CT molecular complexity index is 860. The van der Waals surface area contributed by atoms with E-state index in [1.165, 1.54) is 18.1 Å². The number of rotatable bonds is 3. The number of pyridine rings is 1. The van der Waals surface area contributed by atoms with Crippen molar-refractivity contribution in [3.8, 4) is 0 Å². The molecule has 2 aromatic rings. The molecule has 1 aliphatic rings. The smallest absolute Gasteiger partial charge is 0.356 e. The van der Waals surface area contributed by atoms with Gasteiger partial charge in [-0.15, -0.1) is 0 Å². The highest BCUT2D eigenvalue weighted by Crippen LogP contribution is 2.41. The van der Waals surface area contributed by atoms with Gasteiger partial charge in [0.15, 0.2) is 5.69 Å². The van der Waals surface area contributed by atoms with Gasteiger partial charge in [-0.25, -0.2) is 18.6 Å². The van der Waals surface area contributed by atoms with E-state index in [0.29, 0.717) is 16.9 Å². The molecule has 0 radical (unpaired) electrons. The Hall–Kier alpha value is -2.83. The van der Waals surface area contributed by atoms with Crippen molar-refractivity contribution in [3.63, 3.8) is 0 Å². The highest BCUT2D eigenvalue weighted by atomic mass is 19.1. The molecule has 0 fully saturated rings. The van der Waals surface area contributed by atoms with Crippen molar-refractivity contribution in [1.82, 2.24) is 4.98 Å². The van der Waals surface area contributed by atoms with Gasteiger partial charge in [-0.1, -0.05) is 6.07 Å². The molecule has 5 nitrogen and oxygen atoms in total. The maximum atomic E-state index is 13.4. The number of amides is 1. The summed E-state index contributed by atoms with van der Waals surface area (Å²) >= 11 is 0. The predicted molar refractivity (Wildman–Crippen MR) is 86.2 cm³/mol. The van der Waals surface area contributed by atoms with Gasteiger partial charge in [0.25, 0.3) is 0 Å². The SMILES string of the molecule is COC(=O)c1ccc2c(n1)N(Cc1cc(F)cc(F)c1)C(=O)C2(C)C. The van der Waals surface area contributed by atoms with E-state index < -0.39 is 23.0 Å². The molecule has 130 valence electrons. The third-order valence-corrected chi connectivity index (χ3v) is 4.24. The first-order valence-electron chi connectivity index (χ1n) is 7.61. The van der Waals surface area contributed by atoms with E-state index in [4.69, 9.17) is 0 Å². The first-order chi connectivity index (χ1) is 11.7. The van der Waals surface area contributed by atoms with Crippen LogP contribution >= 0.6 is 0 Å². The molecule has 0 saturated heterocycles. The Balaban J connectivity index is 2.06. The molecule has 0 saturated carbocycles. The Morgan fingerprint density at radius 2 is 1.84 bits per heavy atom. The zero-order valence-electron chi connectivity index (χ0n) is 14.0. The number of esters is 1. The second-order valence-corrected chi connectivity index (χ2v) is 6.35. The molecular formula is C18H16F2N2O3. The molecule has 0 spiro atoms. The van der Waals surface area contributed by atoms with Crippen LogP contribution in [0.2, 0.25) is 0 Å². The van der Waals surface area contributed by atoms with Crippen LogP contribution < -0.4 is 4.90 Å². The molecule has 0 bridgehead atoms. The van der Waals surface area contributed by atoms with Crippen molar-refractivity contribution in [1.29, 1.82) is 0 Å². The zero-order chi connectivity index (χ0) is 18.4. The Morgan fingerprint density at radius 1 is 1.20 bits per heavy atom. The average Bonchev–Trinajstić information content (AvgIpc) is 2.74. The summed E-state index contributed by atoms with van der Waals surface area (Å²) in [5, 5.41) is 0. The molecule has 0 unspecified atom stereocenters. The van der Waals surface area contributed by atoms with Gasteiger partial charge in [0.1, 0.15) is 17.5 Å². The minimum absolute atomic E-state index is 0.0540. The van der Waals surface area contributed by atoms with E-state index in [-0.39, 0.29) is 18.1 Å². The van der Waals surface area contributed by atoms with Crippen LogP contribution in [-0.4, -0.2) is 24.0 Å². The number of ether oxygens (including phenoxy) is 1. The number of carbonyl (C=O) groups is 2.